The van der Waals surface area contributed by atoms with E-state index >= 15 is 0 Å². The van der Waals surface area contributed by atoms with Crippen LogP contribution < -0.4 is 5.32 Å². The first-order valence-electron chi connectivity index (χ1n) is 8.22. The average molecular weight is 290 g/mol. The summed E-state index contributed by atoms with van der Waals surface area (Å²) in [6.07, 6.45) is 8.27. The highest BCUT2D eigenvalue weighted by atomic mass is 16.2. The molecule has 0 radical (unpaired) electrons. The number of aryl methyl sites for hydroxylation is 1. The zero-order chi connectivity index (χ0) is 14.7. The lowest BCUT2D eigenvalue weighted by Crippen LogP contribution is -2.43. The van der Waals surface area contributed by atoms with Gasteiger partial charge in [-0.1, -0.05) is 0 Å². The Morgan fingerprint density at radius 3 is 3.00 bits per heavy atom. The molecule has 5 nitrogen and oxygen atoms in total. The van der Waals surface area contributed by atoms with Crippen molar-refractivity contribution in [1.29, 1.82) is 0 Å². The van der Waals surface area contributed by atoms with Crippen molar-refractivity contribution < 1.29 is 4.79 Å². The number of carbonyl (C=O) groups excluding carboxylic acids is 1. The van der Waals surface area contributed by atoms with Gasteiger partial charge in [0.05, 0.1) is 6.20 Å². The lowest BCUT2D eigenvalue weighted by atomic mass is 9.86. The normalized spacial score (nSPS) is 23.1. The summed E-state index contributed by atoms with van der Waals surface area (Å²) in [7, 11) is 2.01. The number of likely N-dealkylation sites (tertiary alicyclic amines) is 1. The molecular weight excluding hydrogens is 264 g/mol. The fourth-order valence-electron chi connectivity index (χ4n) is 3.67. The van der Waals surface area contributed by atoms with Crippen molar-refractivity contribution >= 4 is 5.91 Å². The number of hydrogen-bond donors (Lipinski definition) is 2. The van der Waals surface area contributed by atoms with Crippen LogP contribution in [0, 0.1) is 11.8 Å². The number of piperidine rings is 1. The van der Waals surface area contributed by atoms with Crippen LogP contribution in [0.4, 0.5) is 0 Å². The minimum absolute atomic E-state index is 0.159. The van der Waals surface area contributed by atoms with E-state index in [2.05, 4.69) is 20.4 Å². The van der Waals surface area contributed by atoms with Crippen LogP contribution in [0.25, 0.3) is 0 Å². The van der Waals surface area contributed by atoms with Crippen molar-refractivity contribution in [2.24, 2.45) is 11.8 Å². The third kappa shape index (κ3) is 3.28. The summed E-state index contributed by atoms with van der Waals surface area (Å²) in [5, 5.41) is 10.4. The van der Waals surface area contributed by atoms with Crippen molar-refractivity contribution in [1.82, 2.24) is 20.4 Å². The van der Waals surface area contributed by atoms with Gasteiger partial charge >= 0.3 is 0 Å². The molecule has 2 N–H and O–H groups in total. The topological polar surface area (TPSA) is 61.0 Å². The lowest BCUT2D eigenvalue weighted by Gasteiger charge is -2.35. The molecule has 1 aromatic heterocycles. The third-order valence-electron chi connectivity index (χ3n) is 5.10. The van der Waals surface area contributed by atoms with Crippen molar-refractivity contribution in [2.45, 2.75) is 38.5 Å². The first-order valence-corrected chi connectivity index (χ1v) is 8.22. The summed E-state index contributed by atoms with van der Waals surface area (Å²) in [4.78, 5) is 14.8. The first-order chi connectivity index (χ1) is 10.3. The molecule has 3 rings (SSSR count). The Labute approximate surface area is 126 Å². The molecule has 2 heterocycles. The van der Waals surface area contributed by atoms with Gasteiger partial charge in [0, 0.05) is 31.1 Å². The number of nitrogens with zero attached hydrogens (tertiary/aromatic N) is 2. The van der Waals surface area contributed by atoms with Crippen LogP contribution in [0.3, 0.4) is 0 Å². The maximum absolute atomic E-state index is 12.7. The largest absolute Gasteiger partial charge is 0.342 e. The average Bonchev–Trinajstić information content (AvgIpc) is 3.00. The van der Waals surface area contributed by atoms with Crippen LogP contribution >= 0.6 is 0 Å². The Morgan fingerprint density at radius 1 is 1.43 bits per heavy atom. The second-order valence-electron chi connectivity index (χ2n) is 6.47. The second kappa shape index (κ2) is 6.60. The monoisotopic (exact) mass is 290 g/mol. The van der Waals surface area contributed by atoms with Gasteiger partial charge in [-0.2, -0.15) is 5.10 Å². The molecule has 1 aliphatic carbocycles. The van der Waals surface area contributed by atoms with Crippen molar-refractivity contribution in [3.05, 3.63) is 17.5 Å². The standard InChI is InChI=1S/C16H26N4O/c1-17-7-4-12-5-8-20(9-6-12)16(21)13-2-3-14-11-18-19-15(14)10-13/h11-13,17H,2-10H2,1H3,(H,18,19). The van der Waals surface area contributed by atoms with Crippen LogP contribution in [0.1, 0.15) is 36.9 Å². The van der Waals surface area contributed by atoms with E-state index in [-0.39, 0.29) is 5.92 Å². The highest BCUT2D eigenvalue weighted by Gasteiger charge is 2.31. The SMILES string of the molecule is CNCCC1CCN(C(=O)C2CCc3cn[nH]c3C2)CC1. The molecule has 1 fully saturated rings. The summed E-state index contributed by atoms with van der Waals surface area (Å²) in [6, 6.07) is 0. The minimum Gasteiger partial charge on any atom is -0.342 e. The highest BCUT2D eigenvalue weighted by molar-refractivity contribution is 5.79. The van der Waals surface area contributed by atoms with Crippen molar-refractivity contribution in [3.63, 3.8) is 0 Å². The van der Waals surface area contributed by atoms with E-state index in [1.54, 1.807) is 0 Å². The summed E-state index contributed by atoms with van der Waals surface area (Å²) in [5.74, 6) is 1.31. The fourth-order valence-corrected chi connectivity index (χ4v) is 3.67. The molecular formula is C16H26N4O. The molecule has 5 heteroatoms. The molecule has 0 saturated carbocycles. The van der Waals surface area contributed by atoms with Crippen LogP contribution in [-0.2, 0) is 17.6 Å². The third-order valence-corrected chi connectivity index (χ3v) is 5.10. The van der Waals surface area contributed by atoms with E-state index in [0.29, 0.717) is 5.91 Å². The predicted octanol–water partition coefficient (Wildman–Crippen LogP) is 1.36. The summed E-state index contributed by atoms with van der Waals surface area (Å²) < 4.78 is 0. The Bertz CT molecular complexity index is 476. The predicted molar refractivity (Wildman–Crippen MR) is 82.0 cm³/mol. The van der Waals surface area contributed by atoms with Gasteiger partial charge < -0.3 is 10.2 Å². The Kier molecular flexibility index (Phi) is 4.58. The van der Waals surface area contributed by atoms with Gasteiger partial charge in [0.1, 0.15) is 0 Å². The smallest absolute Gasteiger partial charge is 0.226 e. The van der Waals surface area contributed by atoms with Gasteiger partial charge in [-0.15, -0.1) is 0 Å². The fraction of sp³-hybridized carbons (Fsp3) is 0.750. The molecule has 1 aromatic rings. The van der Waals surface area contributed by atoms with Crippen LogP contribution in [0.5, 0.6) is 0 Å². The van der Waals surface area contributed by atoms with E-state index in [1.165, 1.54) is 17.7 Å². The van der Waals surface area contributed by atoms with Crippen molar-refractivity contribution in [3.8, 4) is 0 Å². The Morgan fingerprint density at radius 2 is 2.24 bits per heavy atom. The number of hydrogen-bond acceptors (Lipinski definition) is 3. The molecule has 1 saturated heterocycles. The zero-order valence-electron chi connectivity index (χ0n) is 12.9. The Hall–Kier alpha value is -1.36. The second-order valence-corrected chi connectivity index (χ2v) is 6.47. The molecule has 21 heavy (non-hydrogen) atoms. The van der Waals surface area contributed by atoms with Crippen LogP contribution in [0.15, 0.2) is 6.20 Å². The lowest BCUT2D eigenvalue weighted by molar-refractivity contribution is -0.137. The van der Waals surface area contributed by atoms with E-state index in [9.17, 15) is 4.79 Å². The number of aromatic nitrogens is 2. The number of rotatable bonds is 4. The van der Waals surface area contributed by atoms with E-state index in [4.69, 9.17) is 0 Å². The van der Waals surface area contributed by atoms with Crippen LogP contribution in [0.2, 0.25) is 0 Å². The summed E-state index contributed by atoms with van der Waals surface area (Å²) in [5.41, 5.74) is 2.47. The number of aromatic amines is 1. The van der Waals surface area contributed by atoms with Gasteiger partial charge in [0.15, 0.2) is 0 Å². The molecule has 0 bridgehead atoms. The molecule has 1 amide bonds. The van der Waals surface area contributed by atoms with Crippen LogP contribution in [-0.4, -0.2) is 47.7 Å². The number of amides is 1. The van der Waals surface area contributed by atoms with E-state index < -0.39 is 0 Å². The summed E-state index contributed by atoms with van der Waals surface area (Å²) in [6.45, 7) is 2.98. The number of nitrogens with one attached hydrogen (secondary N) is 2. The quantitative estimate of drug-likeness (QED) is 0.880. The van der Waals surface area contributed by atoms with Gasteiger partial charge in [0.25, 0.3) is 0 Å². The molecule has 0 spiro atoms. The van der Waals surface area contributed by atoms with Crippen molar-refractivity contribution in [2.75, 3.05) is 26.7 Å². The number of H-pyrrole nitrogens is 1. The Balaban J connectivity index is 1.51. The number of carbonyl (C=O) groups is 1. The minimum atomic E-state index is 0.159. The maximum atomic E-state index is 12.7. The van der Waals surface area contributed by atoms with E-state index in [1.807, 2.05) is 13.2 Å². The maximum Gasteiger partial charge on any atom is 0.226 e. The molecule has 2 aliphatic rings. The van der Waals surface area contributed by atoms with Gasteiger partial charge in [0.2, 0.25) is 5.91 Å². The van der Waals surface area contributed by atoms with Gasteiger partial charge in [-0.3, -0.25) is 9.89 Å². The van der Waals surface area contributed by atoms with Gasteiger partial charge in [-0.25, -0.2) is 0 Å². The zero-order valence-corrected chi connectivity index (χ0v) is 12.9. The molecule has 116 valence electrons. The summed E-state index contributed by atoms with van der Waals surface area (Å²) >= 11 is 0. The number of fused-ring (bicyclic) bond motifs is 1. The molecule has 0 aromatic carbocycles. The molecule has 1 aliphatic heterocycles. The van der Waals surface area contributed by atoms with Gasteiger partial charge in [-0.05, 0) is 57.2 Å². The van der Waals surface area contributed by atoms with E-state index in [0.717, 1.165) is 57.7 Å². The molecule has 1 atom stereocenters. The molecule has 1 unspecified atom stereocenters. The highest BCUT2D eigenvalue weighted by Crippen LogP contribution is 2.27. The first kappa shape index (κ1) is 14.6.